The van der Waals surface area contributed by atoms with Crippen LogP contribution in [0.1, 0.15) is 25.0 Å². The van der Waals surface area contributed by atoms with Crippen molar-refractivity contribution in [3.05, 3.63) is 5.69 Å². The number of aryl methyl sites for hydroxylation is 2. The molecule has 0 bridgehead atoms. The molecule has 86 valence electrons. The van der Waals surface area contributed by atoms with Gasteiger partial charge in [-0.1, -0.05) is 0 Å². The maximum Gasteiger partial charge on any atom is 0.247 e. The molecule has 1 aromatic heterocycles. The highest BCUT2D eigenvalue weighted by molar-refractivity contribution is 6.03. The number of carbonyl (C=O) groups excluding carboxylic acids is 1. The number of hydrogen-bond acceptors (Lipinski definition) is 3. The summed E-state index contributed by atoms with van der Waals surface area (Å²) in [6.45, 7) is 2.90. The quantitative estimate of drug-likeness (QED) is 0.710. The lowest BCUT2D eigenvalue weighted by Crippen LogP contribution is -2.51. The minimum atomic E-state index is 0.0102. The van der Waals surface area contributed by atoms with Crippen LogP contribution in [-0.4, -0.2) is 28.3 Å². The third-order valence-corrected chi connectivity index (χ3v) is 3.52. The second-order valence-electron chi connectivity index (χ2n) is 4.60. The molecule has 1 N–H and O–H groups in total. The molecule has 5 heteroatoms. The maximum absolute atomic E-state index is 12.0. The lowest BCUT2D eigenvalue weighted by molar-refractivity contribution is -0.118. The Labute approximate surface area is 94.4 Å². The summed E-state index contributed by atoms with van der Waals surface area (Å²) in [6.07, 6.45) is 3.25. The predicted octanol–water partition coefficient (Wildman–Crippen LogP) is 1.04. The van der Waals surface area contributed by atoms with E-state index in [-0.39, 0.29) is 11.9 Å². The van der Waals surface area contributed by atoms with Crippen molar-refractivity contribution < 1.29 is 4.79 Å². The molecule has 0 aliphatic carbocycles. The van der Waals surface area contributed by atoms with Crippen LogP contribution in [-0.2, 0) is 11.8 Å². The van der Waals surface area contributed by atoms with Gasteiger partial charge in [0, 0.05) is 13.6 Å². The van der Waals surface area contributed by atoms with E-state index in [0.29, 0.717) is 0 Å². The first-order chi connectivity index (χ1) is 7.68. The number of rotatable bonds is 0. The maximum atomic E-state index is 12.0. The van der Waals surface area contributed by atoms with Crippen LogP contribution in [0.25, 0.3) is 0 Å². The van der Waals surface area contributed by atoms with E-state index in [4.69, 9.17) is 0 Å². The number of carbonyl (C=O) groups is 1. The Balaban J connectivity index is 2.12. The van der Waals surface area contributed by atoms with Gasteiger partial charge in [0.2, 0.25) is 5.91 Å². The Hall–Kier alpha value is -1.52. The number of hydrogen-bond donors (Lipinski definition) is 1. The average molecular weight is 220 g/mol. The number of fused-ring (bicyclic) bond motifs is 3. The smallest absolute Gasteiger partial charge is 0.247 e. The zero-order valence-electron chi connectivity index (χ0n) is 9.66. The molecule has 3 heterocycles. The zero-order chi connectivity index (χ0) is 11.3. The van der Waals surface area contributed by atoms with Crippen molar-refractivity contribution in [2.75, 3.05) is 16.8 Å². The number of aromatic nitrogens is 2. The Morgan fingerprint density at radius 1 is 1.44 bits per heavy atom. The monoisotopic (exact) mass is 220 g/mol. The molecule has 1 atom stereocenters. The van der Waals surface area contributed by atoms with Gasteiger partial charge in [0.25, 0.3) is 0 Å². The third-order valence-electron chi connectivity index (χ3n) is 3.52. The summed E-state index contributed by atoms with van der Waals surface area (Å²) in [7, 11) is 1.94. The van der Waals surface area contributed by atoms with Gasteiger partial charge in [0.15, 0.2) is 5.82 Å². The molecule has 0 saturated carbocycles. The van der Waals surface area contributed by atoms with Gasteiger partial charge in [0.05, 0.1) is 5.69 Å². The van der Waals surface area contributed by atoms with Crippen molar-refractivity contribution in [3.63, 3.8) is 0 Å². The van der Waals surface area contributed by atoms with Gasteiger partial charge in [-0.05, 0) is 26.2 Å². The summed E-state index contributed by atoms with van der Waals surface area (Å²) in [5, 5.41) is 7.36. The molecule has 16 heavy (non-hydrogen) atoms. The van der Waals surface area contributed by atoms with Gasteiger partial charge >= 0.3 is 0 Å². The standard InChI is InChI=1S/C11H16N4O/c1-7-9-11(14(2)13-7)15-6-4-3-5-8(15)10(16)12-9/h8H,3-6H2,1-2H3,(H,12,16). The van der Waals surface area contributed by atoms with E-state index >= 15 is 0 Å². The van der Waals surface area contributed by atoms with E-state index in [0.717, 1.165) is 43.0 Å². The number of amides is 1. The molecule has 1 saturated heterocycles. The molecule has 1 aromatic rings. The fourth-order valence-electron chi connectivity index (χ4n) is 2.79. The fraction of sp³-hybridized carbons (Fsp3) is 0.636. The van der Waals surface area contributed by atoms with Crippen molar-refractivity contribution in [2.24, 2.45) is 7.05 Å². The first-order valence-corrected chi connectivity index (χ1v) is 5.79. The van der Waals surface area contributed by atoms with E-state index in [9.17, 15) is 4.79 Å². The normalized spacial score (nSPS) is 23.8. The van der Waals surface area contributed by atoms with Gasteiger partial charge in [-0.15, -0.1) is 0 Å². The van der Waals surface area contributed by atoms with Crippen LogP contribution in [0.2, 0.25) is 0 Å². The Kier molecular flexibility index (Phi) is 1.96. The SMILES string of the molecule is Cc1nn(C)c2c1NC(=O)C1CCCCN21. The Morgan fingerprint density at radius 3 is 3.06 bits per heavy atom. The average Bonchev–Trinajstić information content (AvgIpc) is 2.55. The van der Waals surface area contributed by atoms with Gasteiger partial charge in [-0.3, -0.25) is 9.48 Å². The van der Waals surface area contributed by atoms with E-state index in [1.807, 2.05) is 18.7 Å². The number of nitrogens with one attached hydrogen (secondary N) is 1. The molecule has 3 rings (SSSR count). The molecule has 2 aliphatic heterocycles. The minimum Gasteiger partial charge on any atom is -0.343 e. The van der Waals surface area contributed by atoms with Crippen molar-refractivity contribution in [2.45, 2.75) is 32.2 Å². The third kappa shape index (κ3) is 1.17. The van der Waals surface area contributed by atoms with Gasteiger partial charge in [0.1, 0.15) is 11.7 Å². The molecule has 1 amide bonds. The number of piperidine rings is 1. The van der Waals surface area contributed by atoms with E-state index < -0.39 is 0 Å². The molecule has 2 aliphatic rings. The Morgan fingerprint density at radius 2 is 2.25 bits per heavy atom. The molecule has 5 nitrogen and oxygen atoms in total. The van der Waals surface area contributed by atoms with E-state index in [1.165, 1.54) is 0 Å². The lowest BCUT2D eigenvalue weighted by Gasteiger charge is -2.39. The van der Waals surface area contributed by atoms with Gasteiger partial charge in [-0.25, -0.2) is 0 Å². The Bertz CT molecular complexity index is 451. The van der Waals surface area contributed by atoms with Crippen LogP contribution in [0.4, 0.5) is 11.5 Å². The molecule has 0 radical (unpaired) electrons. The number of anilines is 2. The van der Waals surface area contributed by atoms with Crippen LogP contribution in [0.3, 0.4) is 0 Å². The molecular weight excluding hydrogens is 204 g/mol. The summed E-state index contributed by atoms with van der Waals surface area (Å²) in [6, 6.07) is 0.0102. The highest BCUT2D eigenvalue weighted by Gasteiger charge is 2.37. The van der Waals surface area contributed by atoms with Crippen LogP contribution in [0.15, 0.2) is 0 Å². The largest absolute Gasteiger partial charge is 0.343 e. The molecule has 1 unspecified atom stereocenters. The van der Waals surface area contributed by atoms with Crippen molar-refractivity contribution in [1.29, 1.82) is 0 Å². The topological polar surface area (TPSA) is 50.2 Å². The first-order valence-electron chi connectivity index (χ1n) is 5.79. The zero-order valence-corrected chi connectivity index (χ0v) is 9.66. The van der Waals surface area contributed by atoms with Crippen molar-refractivity contribution in [1.82, 2.24) is 9.78 Å². The van der Waals surface area contributed by atoms with Crippen molar-refractivity contribution in [3.8, 4) is 0 Å². The van der Waals surface area contributed by atoms with Crippen LogP contribution < -0.4 is 10.2 Å². The summed E-state index contributed by atoms with van der Waals surface area (Å²) >= 11 is 0. The second-order valence-corrected chi connectivity index (χ2v) is 4.60. The minimum absolute atomic E-state index is 0.0102. The highest BCUT2D eigenvalue weighted by Crippen LogP contribution is 2.37. The summed E-state index contributed by atoms with van der Waals surface area (Å²) in [5.74, 6) is 1.20. The van der Waals surface area contributed by atoms with Crippen LogP contribution >= 0.6 is 0 Å². The van der Waals surface area contributed by atoms with Crippen LogP contribution in [0, 0.1) is 6.92 Å². The summed E-state index contributed by atoms with van der Waals surface area (Å²) in [4.78, 5) is 14.2. The van der Waals surface area contributed by atoms with E-state index in [1.54, 1.807) is 0 Å². The van der Waals surface area contributed by atoms with Gasteiger partial charge in [-0.2, -0.15) is 5.10 Å². The summed E-state index contributed by atoms with van der Waals surface area (Å²) < 4.78 is 1.88. The van der Waals surface area contributed by atoms with Gasteiger partial charge < -0.3 is 10.2 Å². The molecule has 0 spiro atoms. The first kappa shape index (κ1) is 9.69. The fourth-order valence-corrected chi connectivity index (χ4v) is 2.79. The predicted molar refractivity (Wildman–Crippen MR) is 61.6 cm³/mol. The second kappa shape index (κ2) is 3.23. The van der Waals surface area contributed by atoms with E-state index in [2.05, 4.69) is 15.3 Å². The van der Waals surface area contributed by atoms with Crippen molar-refractivity contribution >= 4 is 17.4 Å². The lowest BCUT2D eigenvalue weighted by atomic mass is 9.99. The number of nitrogens with zero attached hydrogens (tertiary/aromatic N) is 3. The summed E-state index contributed by atoms with van der Waals surface area (Å²) in [5.41, 5.74) is 1.79. The van der Waals surface area contributed by atoms with Crippen LogP contribution in [0.5, 0.6) is 0 Å². The highest BCUT2D eigenvalue weighted by atomic mass is 16.2. The molecule has 1 fully saturated rings. The molecule has 0 aromatic carbocycles. The molecular formula is C11H16N4O.